The van der Waals surface area contributed by atoms with E-state index in [9.17, 15) is 0 Å². The normalized spacial score (nSPS) is 17.0. The highest BCUT2D eigenvalue weighted by atomic mass is 17.0. The van der Waals surface area contributed by atoms with E-state index >= 15 is 0 Å². The van der Waals surface area contributed by atoms with Crippen molar-refractivity contribution in [2.45, 2.75) is 38.0 Å². The van der Waals surface area contributed by atoms with Crippen LogP contribution in [0.2, 0.25) is 0 Å². The van der Waals surface area contributed by atoms with Gasteiger partial charge in [0.15, 0.2) is 0 Å². The molecule has 0 unspecified atom stereocenters. The van der Waals surface area contributed by atoms with Gasteiger partial charge < -0.3 is 0 Å². The van der Waals surface area contributed by atoms with Crippen molar-refractivity contribution < 1.29 is 10.5 Å². The number of hydrogen-bond donors (Lipinski definition) is 2. The Morgan fingerprint density at radius 3 is 2.00 bits per heavy atom. The zero-order valence-electron chi connectivity index (χ0n) is 8.39. The first-order chi connectivity index (χ1) is 6.97. The molecule has 1 saturated carbocycles. The molecule has 2 rings (SSSR count). The third-order valence-electron chi connectivity index (χ3n) is 2.88. The first kappa shape index (κ1) is 11.2. The van der Waals surface area contributed by atoms with Crippen LogP contribution >= 0.6 is 0 Å². The van der Waals surface area contributed by atoms with Crippen LogP contribution in [0.5, 0.6) is 0 Å². The maximum absolute atomic E-state index is 6.00. The molecule has 0 heterocycles. The Balaban J connectivity index is 0.000000461. The molecule has 0 radical (unpaired) electrons. The molecule has 0 bridgehead atoms. The van der Waals surface area contributed by atoms with Crippen molar-refractivity contribution >= 4 is 0 Å². The highest BCUT2D eigenvalue weighted by molar-refractivity contribution is 5.19. The topological polar surface area (TPSA) is 40.5 Å². The molecule has 1 aliphatic rings. The van der Waals surface area contributed by atoms with Gasteiger partial charge in [0.1, 0.15) is 0 Å². The monoisotopic (exact) mass is 194 g/mol. The van der Waals surface area contributed by atoms with Crippen molar-refractivity contribution in [3.63, 3.8) is 0 Å². The molecule has 0 atom stereocenters. The lowest BCUT2D eigenvalue weighted by molar-refractivity contribution is -0.176. The molecule has 78 valence electrons. The fraction of sp³-hybridized carbons (Fsp3) is 0.500. The quantitative estimate of drug-likeness (QED) is 0.528. The van der Waals surface area contributed by atoms with Crippen LogP contribution in [0.25, 0.3) is 0 Å². The maximum Gasteiger partial charge on any atom is -0.0162 e. The van der Waals surface area contributed by atoms with Gasteiger partial charge in [0.2, 0.25) is 0 Å². The lowest BCUT2D eigenvalue weighted by atomic mass is 9.84. The van der Waals surface area contributed by atoms with Gasteiger partial charge in [-0.15, -0.1) is 0 Å². The van der Waals surface area contributed by atoms with Gasteiger partial charge in [0.05, 0.1) is 0 Å². The zero-order valence-corrected chi connectivity index (χ0v) is 8.39. The van der Waals surface area contributed by atoms with Crippen LogP contribution in [0.4, 0.5) is 0 Å². The second-order valence-corrected chi connectivity index (χ2v) is 3.75. The van der Waals surface area contributed by atoms with Gasteiger partial charge >= 0.3 is 0 Å². The highest BCUT2D eigenvalue weighted by Gasteiger charge is 2.14. The van der Waals surface area contributed by atoms with Gasteiger partial charge in [-0.3, -0.25) is 10.5 Å². The molecule has 1 aromatic rings. The Labute approximate surface area is 85.1 Å². The summed E-state index contributed by atoms with van der Waals surface area (Å²) in [6.07, 6.45) is 7.12. The molecule has 2 N–H and O–H groups in total. The predicted octanol–water partition coefficient (Wildman–Crippen LogP) is 3.75. The first-order valence-corrected chi connectivity index (χ1v) is 5.22. The lowest BCUT2D eigenvalue weighted by Crippen LogP contribution is -2.03. The Bertz CT molecular complexity index is 227. The van der Waals surface area contributed by atoms with E-state index in [1.807, 2.05) is 0 Å². The molecule has 1 aliphatic carbocycles. The Hall–Kier alpha value is -0.860. The molecule has 0 aliphatic heterocycles. The minimum absolute atomic E-state index is 0.861. The Morgan fingerprint density at radius 2 is 1.43 bits per heavy atom. The van der Waals surface area contributed by atoms with E-state index in [1.165, 1.54) is 32.1 Å². The standard InChI is InChI=1S/C12H16.H2O2/c1-3-7-11(8-4-1)12-9-5-2-6-10-12;1-2/h1,3-4,7-8,12H,2,5-6,9-10H2;1-2H. The van der Waals surface area contributed by atoms with Gasteiger partial charge in [-0.2, -0.15) is 0 Å². The zero-order chi connectivity index (χ0) is 10.2. The smallest absolute Gasteiger partial charge is 0.0162 e. The van der Waals surface area contributed by atoms with Gasteiger partial charge in [-0.25, -0.2) is 0 Å². The fourth-order valence-corrected chi connectivity index (χ4v) is 2.16. The largest absolute Gasteiger partial charge is 0.255 e. The predicted molar refractivity (Wildman–Crippen MR) is 57.5 cm³/mol. The Morgan fingerprint density at radius 1 is 0.857 bits per heavy atom. The molecule has 0 amide bonds. The highest BCUT2D eigenvalue weighted by Crippen LogP contribution is 2.31. The van der Waals surface area contributed by atoms with E-state index in [2.05, 4.69) is 30.3 Å². The molecule has 2 heteroatoms. The summed E-state index contributed by atoms with van der Waals surface area (Å²) in [6.45, 7) is 0. The van der Waals surface area contributed by atoms with Crippen LogP contribution in [0.15, 0.2) is 30.3 Å². The molecule has 1 fully saturated rings. The van der Waals surface area contributed by atoms with E-state index < -0.39 is 0 Å². The van der Waals surface area contributed by atoms with Gasteiger partial charge in [0, 0.05) is 0 Å². The summed E-state index contributed by atoms with van der Waals surface area (Å²) in [5.41, 5.74) is 1.55. The van der Waals surface area contributed by atoms with Crippen LogP contribution in [0.1, 0.15) is 43.6 Å². The van der Waals surface area contributed by atoms with Crippen molar-refractivity contribution in [2.24, 2.45) is 0 Å². The molecule has 14 heavy (non-hydrogen) atoms. The van der Waals surface area contributed by atoms with Crippen LogP contribution in [-0.2, 0) is 0 Å². The SMILES string of the molecule is OO.c1ccc(C2CCCCC2)cc1. The van der Waals surface area contributed by atoms with Crippen molar-refractivity contribution in [1.29, 1.82) is 0 Å². The fourth-order valence-electron chi connectivity index (χ4n) is 2.16. The summed E-state index contributed by atoms with van der Waals surface area (Å²) >= 11 is 0. The second-order valence-electron chi connectivity index (χ2n) is 3.75. The first-order valence-electron chi connectivity index (χ1n) is 5.22. The van der Waals surface area contributed by atoms with Crippen molar-refractivity contribution in [3.05, 3.63) is 35.9 Å². The minimum atomic E-state index is 0.861. The summed E-state index contributed by atoms with van der Waals surface area (Å²) in [4.78, 5) is 0. The second kappa shape index (κ2) is 6.57. The third-order valence-corrected chi connectivity index (χ3v) is 2.88. The summed E-state index contributed by atoms with van der Waals surface area (Å²) < 4.78 is 0. The van der Waals surface area contributed by atoms with Crippen molar-refractivity contribution in [1.82, 2.24) is 0 Å². The average molecular weight is 194 g/mol. The summed E-state index contributed by atoms with van der Waals surface area (Å²) in [5.74, 6) is 0.861. The van der Waals surface area contributed by atoms with Crippen LogP contribution in [0, 0.1) is 0 Å². The molecular weight excluding hydrogens is 176 g/mol. The van der Waals surface area contributed by atoms with E-state index in [4.69, 9.17) is 10.5 Å². The van der Waals surface area contributed by atoms with E-state index in [0.29, 0.717) is 0 Å². The van der Waals surface area contributed by atoms with E-state index in [1.54, 1.807) is 5.56 Å². The van der Waals surface area contributed by atoms with Crippen LogP contribution in [-0.4, -0.2) is 10.5 Å². The number of rotatable bonds is 1. The average Bonchev–Trinajstić information content (AvgIpc) is 2.34. The molecule has 0 spiro atoms. The lowest BCUT2D eigenvalue weighted by Gasteiger charge is -2.21. The number of hydrogen-bond acceptors (Lipinski definition) is 2. The van der Waals surface area contributed by atoms with Crippen molar-refractivity contribution in [3.8, 4) is 0 Å². The summed E-state index contributed by atoms with van der Waals surface area (Å²) in [6, 6.07) is 11.0. The molecular formula is C12H18O2. The van der Waals surface area contributed by atoms with Crippen molar-refractivity contribution in [2.75, 3.05) is 0 Å². The molecule has 2 nitrogen and oxygen atoms in total. The minimum Gasteiger partial charge on any atom is -0.255 e. The van der Waals surface area contributed by atoms with Gasteiger partial charge in [0.25, 0.3) is 0 Å². The van der Waals surface area contributed by atoms with Crippen LogP contribution < -0.4 is 0 Å². The van der Waals surface area contributed by atoms with Gasteiger partial charge in [-0.1, -0.05) is 49.6 Å². The molecule has 0 saturated heterocycles. The molecule has 0 aromatic heterocycles. The van der Waals surface area contributed by atoms with Crippen LogP contribution in [0.3, 0.4) is 0 Å². The van der Waals surface area contributed by atoms with Gasteiger partial charge in [-0.05, 0) is 24.3 Å². The molecule has 1 aromatic carbocycles. The summed E-state index contributed by atoms with van der Waals surface area (Å²) in [7, 11) is 0. The third kappa shape index (κ3) is 3.13. The number of benzene rings is 1. The Kier molecular flexibility index (Phi) is 5.27. The van der Waals surface area contributed by atoms with E-state index in [-0.39, 0.29) is 0 Å². The summed E-state index contributed by atoms with van der Waals surface area (Å²) in [5, 5.41) is 12.0. The maximum atomic E-state index is 6.00. The van der Waals surface area contributed by atoms with E-state index in [0.717, 1.165) is 5.92 Å².